The summed E-state index contributed by atoms with van der Waals surface area (Å²) in [7, 11) is 3.26. The second-order valence-electron chi connectivity index (χ2n) is 7.61. The van der Waals surface area contributed by atoms with Crippen LogP contribution < -0.4 is 28.4 Å². The molecule has 0 unspecified atom stereocenters. The summed E-state index contributed by atoms with van der Waals surface area (Å²) in [6.45, 7) is 4.81. The van der Waals surface area contributed by atoms with E-state index in [1.165, 1.54) is 0 Å². The van der Waals surface area contributed by atoms with Crippen LogP contribution in [0.15, 0.2) is 24.3 Å². The number of ether oxygens (including phenoxy) is 7. The summed E-state index contributed by atoms with van der Waals surface area (Å²) in [5.41, 5.74) is 2.03. The summed E-state index contributed by atoms with van der Waals surface area (Å²) in [4.78, 5) is 0. The van der Waals surface area contributed by atoms with Crippen molar-refractivity contribution >= 4 is 0 Å². The Bertz CT molecular complexity index is 866. The molecule has 7 heteroatoms. The Labute approximate surface area is 169 Å². The molecule has 0 aromatic heterocycles. The molecule has 0 radical (unpaired) electrons. The fourth-order valence-electron chi connectivity index (χ4n) is 4.35. The van der Waals surface area contributed by atoms with Crippen molar-refractivity contribution in [3.63, 3.8) is 0 Å². The average molecular weight is 400 g/mol. The third-order valence-corrected chi connectivity index (χ3v) is 6.10. The maximum Gasteiger partial charge on any atom is 0.231 e. The number of rotatable bonds is 4. The van der Waals surface area contributed by atoms with Gasteiger partial charge in [-0.25, -0.2) is 0 Å². The fourth-order valence-corrected chi connectivity index (χ4v) is 4.35. The van der Waals surface area contributed by atoms with Gasteiger partial charge in [0.25, 0.3) is 0 Å². The molecule has 3 aliphatic heterocycles. The molecule has 4 atom stereocenters. The van der Waals surface area contributed by atoms with Crippen LogP contribution in [-0.4, -0.2) is 27.8 Å². The van der Waals surface area contributed by atoms with Crippen molar-refractivity contribution < 1.29 is 33.2 Å². The van der Waals surface area contributed by atoms with Gasteiger partial charge >= 0.3 is 0 Å². The van der Waals surface area contributed by atoms with Crippen molar-refractivity contribution in [3.8, 4) is 34.5 Å². The highest BCUT2D eigenvalue weighted by atomic mass is 16.7. The zero-order chi connectivity index (χ0) is 20.1. The molecule has 29 heavy (non-hydrogen) atoms. The maximum atomic E-state index is 6.57. The van der Waals surface area contributed by atoms with Gasteiger partial charge in [0.15, 0.2) is 23.0 Å². The lowest BCUT2D eigenvalue weighted by atomic mass is 9.85. The Hall–Kier alpha value is -2.80. The molecule has 0 amide bonds. The van der Waals surface area contributed by atoms with Crippen molar-refractivity contribution in [1.82, 2.24) is 0 Å². The van der Waals surface area contributed by atoms with E-state index in [1.54, 1.807) is 14.2 Å². The summed E-state index contributed by atoms with van der Waals surface area (Å²) < 4.78 is 39.8. The summed E-state index contributed by atoms with van der Waals surface area (Å²) >= 11 is 0. The number of benzene rings is 2. The first-order valence-electron chi connectivity index (χ1n) is 9.71. The lowest BCUT2D eigenvalue weighted by molar-refractivity contribution is 0.0286. The lowest BCUT2D eigenvalue weighted by Gasteiger charge is -2.18. The van der Waals surface area contributed by atoms with Gasteiger partial charge in [0.2, 0.25) is 25.1 Å². The maximum absolute atomic E-state index is 6.57. The van der Waals surface area contributed by atoms with Gasteiger partial charge in [0, 0.05) is 0 Å². The highest BCUT2D eigenvalue weighted by molar-refractivity contribution is 5.57. The third kappa shape index (κ3) is 2.83. The smallest absolute Gasteiger partial charge is 0.231 e. The van der Waals surface area contributed by atoms with Crippen molar-refractivity contribution in [1.29, 1.82) is 0 Å². The van der Waals surface area contributed by atoms with E-state index in [4.69, 9.17) is 33.2 Å². The SMILES string of the molecule is COc1cc([C@H]2O[C@@H](c3cc(OC)c4c(c3)OCO4)[C@@H](C)[C@H]2C)cc2c1OCO2. The normalized spacial score (nSPS) is 26.6. The topological polar surface area (TPSA) is 64.6 Å². The molecular formula is C22H24O7. The van der Waals surface area contributed by atoms with E-state index in [1.807, 2.05) is 24.3 Å². The largest absolute Gasteiger partial charge is 0.493 e. The first-order valence-corrected chi connectivity index (χ1v) is 9.71. The molecule has 2 aromatic rings. The molecule has 0 spiro atoms. The van der Waals surface area contributed by atoms with Gasteiger partial charge in [-0.2, -0.15) is 0 Å². The predicted octanol–water partition coefficient (Wildman–Crippen LogP) is 4.25. The van der Waals surface area contributed by atoms with Crippen LogP contribution in [0.2, 0.25) is 0 Å². The van der Waals surface area contributed by atoms with Gasteiger partial charge in [-0.3, -0.25) is 0 Å². The van der Waals surface area contributed by atoms with E-state index in [-0.39, 0.29) is 37.6 Å². The van der Waals surface area contributed by atoms with E-state index >= 15 is 0 Å². The van der Waals surface area contributed by atoms with E-state index in [0.717, 1.165) is 11.1 Å². The first-order chi connectivity index (χ1) is 14.1. The summed E-state index contributed by atoms with van der Waals surface area (Å²) in [5, 5.41) is 0. The Morgan fingerprint density at radius 3 is 1.55 bits per heavy atom. The molecule has 154 valence electrons. The van der Waals surface area contributed by atoms with Crippen LogP contribution in [0.1, 0.15) is 37.2 Å². The number of methoxy groups -OCH3 is 2. The van der Waals surface area contributed by atoms with Gasteiger partial charge < -0.3 is 33.2 Å². The van der Waals surface area contributed by atoms with E-state index in [2.05, 4.69) is 13.8 Å². The minimum absolute atomic E-state index is 0.102. The quantitative estimate of drug-likeness (QED) is 0.760. The standard InChI is InChI=1S/C22H24O7/c1-11-12(2)20(14-6-16(24-4)22-18(8-14)26-10-28-22)29-19(11)13-5-15(23-3)21-17(7-13)25-9-27-21/h5-8,11-12,19-20H,9-10H2,1-4H3/t11-,12+,19+,20-. The molecular weight excluding hydrogens is 376 g/mol. The first kappa shape index (κ1) is 18.2. The number of hydrogen-bond acceptors (Lipinski definition) is 7. The third-order valence-electron chi connectivity index (χ3n) is 6.10. The van der Waals surface area contributed by atoms with Gasteiger partial charge in [0.1, 0.15) is 0 Å². The molecule has 0 bridgehead atoms. The minimum Gasteiger partial charge on any atom is -0.493 e. The van der Waals surface area contributed by atoms with Crippen LogP contribution in [0.3, 0.4) is 0 Å². The summed E-state index contributed by atoms with van der Waals surface area (Å²) in [6.07, 6.45) is -0.204. The highest BCUT2D eigenvalue weighted by Gasteiger charge is 2.42. The van der Waals surface area contributed by atoms with Crippen molar-refractivity contribution in [2.24, 2.45) is 11.8 Å². The number of fused-ring (bicyclic) bond motifs is 2. The molecule has 5 rings (SSSR count). The van der Waals surface area contributed by atoms with Crippen molar-refractivity contribution in [2.45, 2.75) is 26.1 Å². The molecule has 7 nitrogen and oxygen atoms in total. The minimum atomic E-state index is -0.102. The highest BCUT2D eigenvalue weighted by Crippen LogP contribution is 2.54. The monoisotopic (exact) mass is 400 g/mol. The van der Waals surface area contributed by atoms with Crippen LogP contribution in [-0.2, 0) is 4.74 Å². The molecule has 1 fully saturated rings. The number of hydrogen-bond donors (Lipinski definition) is 0. The zero-order valence-corrected chi connectivity index (χ0v) is 16.9. The molecule has 3 heterocycles. The predicted molar refractivity (Wildman–Crippen MR) is 103 cm³/mol. The second kappa shape index (κ2) is 6.91. The zero-order valence-electron chi connectivity index (χ0n) is 16.9. The van der Waals surface area contributed by atoms with Crippen LogP contribution in [0.5, 0.6) is 34.5 Å². The molecule has 0 aliphatic carbocycles. The Morgan fingerprint density at radius 1 is 0.690 bits per heavy atom. The summed E-state index contributed by atoms with van der Waals surface area (Å²) in [5.74, 6) is 4.55. The molecule has 0 saturated carbocycles. The second-order valence-corrected chi connectivity index (χ2v) is 7.61. The average Bonchev–Trinajstić information content (AvgIpc) is 3.46. The molecule has 3 aliphatic rings. The van der Waals surface area contributed by atoms with Crippen LogP contribution in [0.4, 0.5) is 0 Å². The van der Waals surface area contributed by atoms with Gasteiger partial charge in [-0.1, -0.05) is 13.8 Å². The van der Waals surface area contributed by atoms with E-state index < -0.39 is 0 Å². The molecule has 1 saturated heterocycles. The van der Waals surface area contributed by atoms with Crippen molar-refractivity contribution in [3.05, 3.63) is 35.4 Å². The van der Waals surface area contributed by atoms with Gasteiger partial charge in [-0.05, 0) is 47.2 Å². The summed E-state index contributed by atoms with van der Waals surface area (Å²) in [6, 6.07) is 7.93. The molecule has 0 N–H and O–H groups in total. The Morgan fingerprint density at radius 2 is 1.14 bits per heavy atom. The Kier molecular flexibility index (Phi) is 4.35. The van der Waals surface area contributed by atoms with E-state index in [9.17, 15) is 0 Å². The lowest BCUT2D eigenvalue weighted by Crippen LogP contribution is -2.10. The molecule has 2 aromatic carbocycles. The van der Waals surface area contributed by atoms with Gasteiger partial charge in [-0.15, -0.1) is 0 Å². The van der Waals surface area contributed by atoms with E-state index in [0.29, 0.717) is 34.5 Å². The fraction of sp³-hybridized carbons (Fsp3) is 0.455. The van der Waals surface area contributed by atoms with Crippen LogP contribution in [0, 0.1) is 11.8 Å². The van der Waals surface area contributed by atoms with Crippen LogP contribution >= 0.6 is 0 Å². The van der Waals surface area contributed by atoms with Crippen LogP contribution in [0.25, 0.3) is 0 Å². The van der Waals surface area contributed by atoms with Crippen molar-refractivity contribution in [2.75, 3.05) is 27.8 Å². The Balaban J connectivity index is 1.49. The van der Waals surface area contributed by atoms with Gasteiger partial charge in [0.05, 0.1) is 26.4 Å².